The van der Waals surface area contributed by atoms with Gasteiger partial charge >= 0.3 is 0 Å². The maximum absolute atomic E-state index is 5.77. The fourth-order valence-electron chi connectivity index (χ4n) is 1.98. The van der Waals surface area contributed by atoms with Gasteiger partial charge in [0.05, 0.1) is 6.61 Å². The van der Waals surface area contributed by atoms with E-state index in [1.807, 2.05) is 18.2 Å². The van der Waals surface area contributed by atoms with Crippen LogP contribution in [0.2, 0.25) is 0 Å². The first-order valence-corrected chi connectivity index (χ1v) is 8.38. The highest BCUT2D eigenvalue weighted by Gasteiger charge is 2.00. The molecule has 2 rings (SSSR count). The van der Waals surface area contributed by atoms with Gasteiger partial charge < -0.3 is 15.4 Å². The van der Waals surface area contributed by atoms with Crippen LogP contribution in [0.15, 0.2) is 46.1 Å². The zero-order valence-electron chi connectivity index (χ0n) is 13.5. The molecular weight excluding hydrogens is 421 g/mol. The fraction of sp³-hybridized carbons (Fsp3) is 0.353. The van der Waals surface area contributed by atoms with Crippen molar-refractivity contribution in [3.63, 3.8) is 0 Å². The maximum Gasteiger partial charge on any atom is 0.191 e. The third kappa shape index (κ3) is 7.22. The summed E-state index contributed by atoms with van der Waals surface area (Å²) in [5.41, 5.74) is 2.44. The Morgan fingerprint density at radius 2 is 2.04 bits per heavy atom. The molecule has 0 saturated carbocycles. The Labute approximate surface area is 159 Å². The smallest absolute Gasteiger partial charge is 0.191 e. The summed E-state index contributed by atoms with van der Waals surface area (Å²) in [7, 11) is 1.78. The van der Waals surface area contributed by atoms with Gasteiger partial charge in [0.1, 0.15) is 5.75 Å². The monoisotopic (exact) mass is 445 g/mol. The normalized spacial score (nSPS) is 10.8. The van der Waals surface area contributed by atoms with E-state index in [2.05, 4.69) is 45.4 Å². The summed E-state index contributed by atoms with van der Waals surface area (Å²) in [6.45, 7) is 4.38. The Bertz CT molecular complexity index is 587. The van der Waals surface area contributed by atoms with Crippen molar-refractivity contribution >= 4 is 41.3 Å². The number of hydrogen-bond acceptors (Lipinski definition) is 3. The van der Waals surface area contributed by atoms with Crippen LogP contribution in [0.25, 0.3) is 0 Å². The summed E-state index contributed by atoms with van der Waals surface area (Å²) < 4.78 is 5.77. The molecule has 2 aromatic rings. The summed E-state index contributed by atoms with van der Waals surface area (Å²) in [5, 5.41) is 10.8. The molecule has 126 valence electrons. The van der Waals surface area contributed by atoms with E-state index in [0.29, 0.717) is 6.61 Å². The van der Waals surface area contributed by atoms with Crippen molar-refractivity contribution in [1.82, 2.24) is 10.6 Å². The molecule has 1 heterocycles. The van der Waals surface area contributed by atoms with Crippen LogP contribution in [-0.2, 0) is 6.54 Å². The number of nitrogens with zero attached hydrogens (tertiary/aromatic N) is 1. The van der Waals surface area contributed by atoms with Gasteiger partial charge in [0.25, 0.3) is 0 Å². The second-order valence-corrected chi connectivity index (χ2v) is 5.73. The molecule has 0 amide bonds. The fourth-order valence-corrected chi connectivity index (χ4v) is 2.65. The Morgan fingerprint density at radius 1 is 1.22 bits per heavy atom. The molecule has 0 spiro atoms. The minimum absolute atomic E-state index is 0. The number of nitrogens with one attached hydrogen (secondary N) is 2. The molecule has 0 aliphatic carbocycles. The zero-order valence-corrected chi connectivity index (χ0v) is 16.7. The lowest BCUT2D eigenvalue weighted by Crippen LogP contribution is -2.37. The lowest BCUT2D eigenvalue weighted by Gasteiger charge is -2.12. The highest BCUT2D eigenvalue weighted by Crippen LogP contribution is 2.15. The van der Waals surface area contributed by atoms with Crippen molar-refractivity contribution in [2.75, 3.05) is 20.2 Å². The number of rotatable bonds is 7. The van der Waals surface area contributed by atoms with Crippen LogP contribution in [-0.4, -0.2) is 26.2 Å². The number of halogens is 1. The number of ether oxygens (including phenoxy) is 1. The molecule has 23 heavy (non-hydrogen) atoms. The van der Waals surface area contributed by atoms with Gasteiger partial charge in [-0.2, -0.15) is 11.3 Å². The Morgan fingerprint density at radius 3 is 2.74 bits per heavy atom. The molecule has 0 saturated heterocycles. The molecule has 6 heteroatoms. The van der Waals surface area contributed by atoms with E-state index >= 15 is 0 Å². The van der Waals surface area contributed by atoms with Crippen molar-refractivity contribution in [3.05, 3.63) is 52.2 Å². The third-order valence-electron chi connectivity index (χ3n) is 3.23. The summed E-state index contributed by atoms with van der Waals surface area (Å²) >= 11 is 1.71. The molecule has 0 fully saturated rings. The lowest BCUT2D eigenvalue weighted by molar-refractivity contribution is 0.309. The van der Waals surface area contributed by atoms with E-state index in [1.54, 1.807) is 18.4 Å². The average molecular weight is 445 g/mol. The molecule has 0 aliphatic heterocycles. The van der Waals surface area contributed by atoms with Crippen molar-refractivity contribution in [1.29, 1.82) is 0 Å². The van der Waals surface area contributed by atoms with Gasteiger partial charge in [-0.3, -0.25) is 4.99 Å². The largest absolute Gasteiger partial charge is 0.493 e. The van der Waals surface area contributed by atoms with Gasteiger partial charge in [-0.05, 0) is 47.4 Å². The minimum Gasteiger partial charge on any atom is -0.493 e. The van der Waals surface area contributed by atoms with Crippen LogP contribution in [0.4, 0.5) is 0 Å². The van der Waals surface area contributed by atoms with Gasteiger partial charge in [-0.15, -0.1) is 24.0 Å². The topological polar surface area (TPSA) is 45.7 Å². The number of aliphatic imine (C=N–C) groups is 1. The van der Waals surface area contributed by atoms with E-state index in [-0.39, 0.29) is 24.0 Å². The Balaban J connectivity index is 0.00000264. The van der Waals surface area contributed by atoms with Crippen molar-refractivity contribution in [3.8, 4) is 5.75 Å². The first-order chi connectivity index (χ1) is 10.8. The zero-order chi connectivity index (χ0) is 15.6. The number of aryl methyl sites for hydroxylation is 1. The quantitative estimate of drug-likeness (QED) is 0.295. The van der Waals surface area contributed by atoms with Crippen LogP contribution in [0, 0.1) is 6.92 Å². The van der Waals surface area contributed by atoms with Gasteiger partial charge in [-0.1, -0.05) is 18.2 Å². The molecule has 1 aromatic carbocycles. The van der Waals surface area contributed by atoms with Gasteiger partial charge in [0, 0.05) is 20.1 Å². The lowest BCUT2D eigenvalue weighted by atomic mass is 10.2. The molecular formula is C17H24IN3OS. The van der Waals surface area contributed by atoms with E-state index < -0.39 is 0 Å². The molecule has 0 radical (unpaired) electrons. The van der Waals surface area contributed by atoms with Crippen LogP contribution >= 0.6 is 35.3 Å². The van der Waals surface area contributed by atoms with Crippen molar-refractivity contribution in [2.45, 2.75) is 19.9 Å². The standard InChI is InChI=1S/C17H23N3OS.HI/c1-14-6-3-4-7-16(14)21-10-5-9-19-17(18-2)20-12-15-8-11-22-13-15;/h3-4,6-8,11,13H,5,9-10,12H2,1-2H3,(H2,18,19,20);1H. The molecule has 2 N–H and O–H groups in total. The number of para-hydroxylation sites is 1. The molecule has 0 aliphatic rings. The van der Waals surface area contributed by atoms with E-state index in [1.165, 1.54) is 11.1 Å². The second-order valence-electron chi connectivity index (χ2n) is 4.95. The van der Waals surface area contributed by atoms with Crippen LogP contribution in [0.3, 0.4) is 0 Å². The average Bonchev–Trinajstić information content (AvgIpc) is 3.05. The van der Waals surface area contributed by atoms with Gasteiger partial charge in [0.15, 0.2) is 5.96 Å². The first-order valence-electron chi connectivity index (χ1n) is 7.43. The molecule has 1 aromatic heterocycles. The van der Waals surface area contributed by atoms with Gasteiger partial charge in [0.2, 0.25) is 0 Å². The van der Waals surface area contributed by atoms with E-state index in [9.17, 15) is 0 Å². The molecule has 0 unspecified atom stereocenters. The first kappa shape index (κ1) is 19.8. The molecule has 4 nitrogen and oxygen atoms in total. The minimum atomic E-state index is 0. The molecule has 0 atom stereocenters. The van der Waals surface area contributed by atoms with Gasteiger partial charge in [-0.25, -0.2) is 0 Å². The third-order valence-corrected chi connectivity index (χ3v) is 3.96. The van der Waals surface area contributed by atoms with Crippen LogP contribution < -0.4 is 15.4 Å². The predicted octanol–water partition coefficient (Wildman–Crippen LogP) is 3.81. The molecule has 0 bridgehead atoms. The van der Waals surface area contributed by atoms with Crippen LogP contribution in [0.5, 0.6) is 5.75 Å². The summed E-state index contributed by atoms with van der Waals surface area (Å²) in [6, 6.07) is 10.2. The SMILES string of the molecule is CN=C(NCCCOc1ccccc1C)NCc1ccsc1.I. The Hall–Kier alpha value is -1.28. The van der Waals surface area contributed by atoms with E-state index in [0.717, 1.165) is 31.2 Å². The van der Waals surface area contributed by atoms with Crippen LogP contribution in [0.1, 0.15) is 17.5 Å². The second kappa shape index (κ2) is 11.3. The van der Waals surface area contributed by atoms with Crippen molar-refractivity contribution < 1.29 is 4.74 Å². The number of guanidine groups is 1. The number of hydrogen-bond donors (Lipinski definition) is 2. The summed E-state index contributed by atoms with van der Waals surface area (Å²) in [5.74, 6) is 1.78. The number of benzene rings is 1. The highest BCUT2D eigenvalue weighted by molar-refractivity contribution is 14.0. The maximum atomic E-state index is 5.77. The highest BCUT2D eigenvalue weighted by atomic mass is 127. The number of thiophene rings is 1. The summed E-state index contributed by atoms with van der Waals surface area (Å²) in [6.07, 6.45) is 0.924. The van der Waals surface area contributed by atoms with E-state index in [4.69, 9.17) is 4.74 Å². The summed E-state index contributed by atoms with van der Waals surface area (Å²) in [4.78, 5) is 4.21. The Kier molecular flexibility index (Phi) is 9.70. The predicted molar refractivity (Wildman–Crippen MR) is 109 cm³/mol. The van der Waals surface area contributed by atoms with Crippen molar-refractivity contribution in [2.24, 2.45) is 4.99 Å².